The van der Waals surface area contributed by atoms with Crippen molar-refractivity contribution in [3.05, 3.63) is 140 Å². The molecular weight excluding hydrogens is 735 g/mol. The Balaban J connectivity index is 1.32. The zero-order valence-electron chi connectivity index (χ0n) is 23.4. The molecule has 0 atom stereocenters. The fraction of sp³-hybridized carbons (Fsp3) is 0. The fourth-order valence-corrected chi connectivity index (χ4v) is 12.1. The van der Waals surface area contributed by atoms with Crippen LogP contribution in [0.1, 0.15) is 0 Å². The molecule has 0 amide bonds. The van der Waals surface area contributed by atoms with Gasteiger partial charge in [0.15, 0.2) is 0 Å². The average molecular weight is 759 g/mol. The average Bonchev–Trinajstić information content (AvgIpc) is 3.80. The molecule has 0 saturated carbocycles. The Kier molecular flexibility index (Phi) is 5.12. The fourth-order valence-electron chi connectivity index (χ4n) is 6.90. The number of fused-ring (bicyclic) bond motifs is 9. The predicted molar refractivity (Wildman–Crippen MR) is 180 cm³/mol. The molecule has 0 saturated heterocycles. The molecule has 0 unspecified atom stereocenters. The van der Waals surface area contributed by atoms with Crippen LogP contribution in [0.25, 0.3) is 71.9 Å². The van der Waals surface area contributed by atoms with Crippen LogP contribution in [-0.2, 0) is 0 Å². The third kappa shape index (κ3) is 3.32. The van der Waals surface area contributed by atoms with Gasteiger partial charge in [0.05, 0.1) is 0 Å². The van der Waals surface area contributed by atoms with Gasteiger partial charge in [0.1, 0.15) is 0 Å². The van der Waals surface area contributed by atoms with E-state index in [0.29, 0.717) is 0 Å². The number of hydrogen-bond donors (Lipinski definition) is 0. The molecule has 0 spiro atoms. The summed E-state index contributed by atoms with van der Waals surface area (Å²) in [5, 5.41) is 10.1. The first kappa shape index (κ1) is 24.4. The van der Waals surface area contributed by atoms with E-state index >= 15 is 0 Å². The summed E-state index contributed by atoms with van der Waals surface area (Å²) >= 11 is -1.35. The van der Waals surface area contributed by atoms with Crippen LogP contribution in [-0.4, -0.2) is 47.5 Å². The van der Waals surface area contributed by atoms with Gasteiger partial charge in [-0.3, -0.25) is 0 Å². The summed E-state index contributed by atoms with van der Waals surface area (Å²) in [6.45, 7) is 0. The Morgan fingerprint density at radius 3 is 1.89 bits per heavy atom. The third-order valence-corrected chi connectivity index (χ3v) is 13.5. The molecule has 0 aliphatic carbocycles. The van der Waals surface area contributed by atoms with Crippen LogP contribution >= 0.6 is 0 Å². The van der Waals surface area contributed by atoms with Crippen LogP contribution in [0.3, 0.4) is 0 Å². The molecule has 5 heterocycles. The monoisotopic (exact) mass is 758 g/mol. The predicted octanol–water partition coefficient (Wildman–Crippen LogP) is 7.10. The molecule has 0 fully saturated rings. The zero-order chi connectivity index (χ0) is 28.8. The second kappa shape index (κ2) is 9.23. The van der Waals surface area contributed by atoms with Gasteiger partial charge >= 0.3 is 266 Å². The van der Waals surface area contributed by atoms with Crippen molar-refractivity contribution in [1.82, 2.24) is 23.9 Å². The second-order valence-corrected chi connectivity index (χ2v) is 15.1. The topological polar surface area (TPSA) is 40.6 Å². The number of nitrogens with zero attached hydrogens (tertiary/aromatic N) is 5. The van der Waals surface area contributed by atoms with Gasteiger partial charge in [0.25, 0.3) is 0 Å². The Hall–Kier alpha value is -5.04. The van der Waals surface area contributed by atoms with Crippen LogP contribution < -0.4 is 6.44 Å². The molecule has 44 heavy (non-hydrogen) atoms. The minimum absolute atomic E-state index is 0.951. The van der Waals surface area contributed by atoms with Gasteiger partial charge in [-0.2, -0.15) is 0 Å². The van der Waals surface area contributed by atoms with Gasteiger partial charge < -0.3 is 0 Å². The summed E-state index contributed by atoms with van der Waals surface area (Å²) < 4.78 is 9.91. The summed E-state index contributed by atoms with van der Waals surface area (Å²) in [6, 6.07) is 43.5. The summed E-state index contributed by atoms with van der Waals surface area (Å²) in [5.74, 6) is 0.951. The van der Waals surface area contributed by atoms with Gasteiger partial charge in [-0.15, -0.1) is 0 Å². The minimum atomic E-state index is -1.35. The summed E-state index contributed by atoms with van der Waals surface area (Å²) in [4.78, 5) is 4.85. The van der Waals surface area contributed by atoms with E-state index in [1.54, 1.807) is 0 Å². The first-order valence-corrected chi connectivity index (χ1v) is 17.8. The molecule has 4 aromatic heterocycles. The number of para-hydroxylation sites is 2. The van der Waals surface area contributed by atoms with Crippen molar-refractivity contribution in [2.24, 2.45) is 0 Å². The normalized spacial score (nSPS) is 12.5. The van der Waals surface area contributed by atoms with Crippen molar-refractivity contribution < 1.29 is 0 Å². The molecule has 10 rings (SSSR count). The molecule has 1 aliphatic heterocycles. The van der Waals surface area contributed by atoms with Crippen molar-refractivity contribution in [2.75, 3.05) is 0 Å². The van der Waals surface area contributed by atoms with Crippen molar-refractivity contribution in [3.8, 4) is 28.3 Å². The number of pyridine rings is 1. The number of aromatic nitrogens is 5. The molecule has 0 radical (unpaired) electrons. The van der Waals surface area contributed by atoms with E-state index in [4.69, 9.17) is 10.1 Å². The Morgan fingerprint density at radius 2 is 1.14 bits per heavy atom. The van der Waals surface area contributed by atoms with Gasteiger partial charge in [-0.1, -0.05) is 0 Å². The maximum absolute atomic E-state index is 4.92. The SMILES string of the molecule is c1ccc(-c2cnn(-c3ccc4c5ccccc5n5c4[c]3[Po][c]3c-5ccc4c5ccccc5n(-c5ccccn5)c34)c2)cc1. The summed E-state index contributed by atoms with van der Waals surface area (Å²) in [5.41, 5.74) is 9.81. The van der Waals surface area contributed by atoms with Gasteiger partial charge in [0, 0.05) is 0 Å². The Labute approximate surface area is 264 Å². The van der Waals surface area contributed by atoms with E-state index in [1.807, 2.05) is 18.5 Å². The Bertz CT molecular complexity index is 2570. The van der Waals surface area contributed by atoms with E-state index in [9.17, 15) is 0 Å². The van der Waals surface area contributed by atoms with E-state index in [0.717, 1.165) is 11.4 Å². The molecule has 0 N–H and O–H groups in total. The van der Waals surface area contributed by atoms with Gasteiger partial charge in [-0.25, -0.2) is 0 Å². The summed E-state index contributed by atoms with van der Waals surface area (Å²) in [7, 11) is 0. The molecule has 206 valence electrons. The van der Waals surface area contributed by atoms with Crippen molar-refractivity contribution in [3.63, 3.8) is 0 Å². The molecule has 0 bridgehead atoms. The third-order valence-electron chi connectivity index (χ3n) is 8.80. The molecule has 5 nitrogen and oxygen atoms in total. The molecule has 5 aromatic carbocycles. The van der Waals surface area contributed by atoms with Crippen molar-refractivity contribution in [1.29, 1.82) is 0 Å². The van der Waals surface area contributed by atoms with Crippen LogP contribution in [0, 0.1) is 0 Å². The van der Waals surface area contributed by atoms with Crippen LogP contribution in [0.4, 0.5) is 0 Å². The zero-order valence-corrected chi connectivity index (χ0v) is 26.6. The number of benzene rings is 5. The number of rotatable bonds is 3. The van der Waals surface area contributed by atoms with Gasteiger partial charge in [0.2, 0.25) is 0 Å². The van der Waals surface area contributed by atoms with Gasteiger partial charge in [-0.05, 0) is 0 Å². The standard InChI is InChI=1S/C38H23N5.Po/c1-2-10-26(11-3-1)27-24-40-41(25-27)28-17-19-32-30-12-4-6-14-34(30)42(36(32)22-28)29-18-20-33-31-13-5-7-15-35(31)43(37(33)23-29)38-16-8-9-21-39-38;/h1-21,24-25H;. The Morgan fingerprint density at radius 1 is 0.500 bits per heavy atom. The second-order valence-electron chi connectivity index (χ2n) is 11.2. The molecular formula is C38H23N5Po. The number of hydrogen-bond acceptors (Lipinski definition) is 2. The van der Waals surface area contributed by atoms with E-state index in [-0.39, 0.29) is 0 Å². The van der Waals surface area contributed by atoms with Crippen LogP contribution in [0.5, 0.6) is 0 Å². The van der Waals surface area contributed by atoms with Crippen LogP contribution in [0.2, 0.25) is 0 Å². The summed E-state index contributed by atoms with van der Waals surface area (Å²) in [6.07, 6.45) is 6.06. The molecule has 9 aromatic rings. The van der Waals surface area contributed by atoms with Crippen LogP contribution in [0.15, 0.2) is 140 Å². The van der Waals surface area contributed by atoms with E-state index in [1.165, 1.54) is 67.0 Å². The first-order valence-electron chi connectivity index (χ1n) is 14.7. The van der Waals surface area contributed by atoms with Crippen molar-refractivity contribution in [2.45, 2.75) is 0 Å². The van der Waals surface area contributed by atoms with Crippen molar-refractivity contribution >= 4 is 73.6 Å². The first-order chi connectivity index (χ1) is 21.8. The quantitative estimate of drug-likeness (QED) is 0.193. The van der Waals surface area contributed by atoms with E-state index < -0.39 is 23.6 Å². The maximum atomic E-state index is 4.92. The molecule has 6 heteroatoms. The molecule has 1 aliphatic rings. The van der Waals surface area contributed by atoms with E-state index in [2.05, 4.69) is 135 Å².